The van der Waals surface area contributed by atoms with Crippen LogP contribution in [-0.4, -0.2) is 17.6 Å². The molecule has 5 nitrogen and oxygen atoms in total. The normalized spacial score (nSPS) is 12.8. The van der Waals surface area contributed by atoms with E-state index in [-0.39, 0.29) is 11.3 Å². The Morgan fingerprint density at radius 3 is 2.57 bits per heavy atom. The van der Waals surface area contributed by atoms with E-state index in [0.717, 1.165) is 5.52 Å². The van der Waals surface area contributed by atoms with Crippen LogP contribution < -0.4 is 11.2 Å². The Kier molecular flexibility index (Phi) is 4.43. The number of nitrogens with zero attached hydrogens (tertiary/aromatic N) is 1. The molecule has 0 fully saturated rings. The molecule has 0 radical (unpaired) electrons. The molecule has 1 amide bonds. The fraction of sp³-hybridized carbons (Fsp3) is 0.375. The van der Waals surface area contributed by atoms with E-state index in [1.807, 2.05) is 30.5 Å². The number of fused-ring (bicyclic) bond motifs is 1. The van der Waals surface area contributed by atoms with Gasteiger partial charge in [0, 0.05) is 24.3 Å². The third-order valence-corrected chi connectivity index (χ3v) is 3.59. The van der Waals surface area contributed by atoms with Crippen molar-refractivity contribution in [1.82, 2.24) is 4.57 Å². The predicted octanol–water partition coefficient (Wildman–Crippen LogP) is 1.83. The fourth-order valence-corrected chi connectivity index (χ4v) is 2.68. The van der Waals surface area contributed by atoms with Gasteiger partial charge < -0.3 is 15.0 Å². The van der Waals surface area contributed by atoms with Crippen LogP contribution in [0, 0.1) is 5.92 Å². The Hall–Kier alpha value is -2.14. The van der Waals surface area contributed by atoms with Gasteiger partial charge in [0.25, 0.3) is 0 Å². The second kappa shape index (κ2) is 6.10. The second-order valence-electron chi connectivity index (χ2n) is 5.44. The van der Waals surface area contributed by atoms with Crippen LogP contribution in [-0.2, 0) is 16.3 Å². The maximum absolute atomic E-state index is 12.7. The summed E-state index contributed by atoms with van der Waals surface area (Å²) in [5.74, 6) is -1.14. The molecule has 0 bridgehead atoms. The lowest BCUT2D eigenvalue weighted by molar-refractivity contribution is -0.120. The summed E-state index contributed by atoms with van der Waals surface area (Å²) in [4.78, 5) is 24.4. The molecule has 2 N–H and O–H groups in total. The van der Waals surface area contributed by atoms with Crippen molar-refractivity contribution in [2.75, 3.05) is 7.11 Å². The number of amides is 1. The summed E-state index contributed by atoms with van der Waals surface area (Å²) in [6.45, 7) is 4.06. The van der Waals surface area contributed by atoms with Gasteiger partial charge in [0.1, 0.15) is 6.73 Å². The molecule has 1 aromatic heterocycles. The molecule has 0 spiro atoms. The average Bonchev–Trinajstić information content (AvgIpc) is 2.43. The number of carbonyl (C=O) groups is 1. The topological polar surface area (TPSA) is 74.3 Å². The first-order chi connectivity index (χ1) is 9.97. The molecule has 0 aliphatic rings. The van der Waals surface area contributed by atoms with E-state index in [9.17, 15) is 9.59 Å². The third-order valence-electron chi connectivity index (χ3n) is 3.59. The van der Waals surface area contributed by atoms with Crippen LogP contribution in [0.1, 0.15) is 25.3 Å². The number of rotatable bonds is 5. The summed E-state index contributed by atoms with van der Waals surface area (Å²) < 4.78 is 7.00. The first-order valence-electron chi connectivity index (χ1n) is 6.87. The molecular formula is C16H20N2O3. The van der Waals surface area contributed by atoms with E-state index in [1.165, 1.54) is 0 Å². The number of hydrogen-bond donors (Lipinski definition) is 1. The van der Waals surface area contributed by atoms with Crippen LogP contribution in [0.3, 0.4) is 0 Å². The highest BCUT2D eigenvalue weighted by Crippen LogP contribution is 2.23. The monoisotopic (exact) mass is 288 g/mol. The summed E-state index contributed by atoms with van der Waals surface area (Å²) in [7, 11) is 1.58. The first kappa shape index (κ1) is 15.3. The average molecular weight is 288 g/mol. The van der Waals surface area contributed by atoms with Crippen molar-refractivity contribution in [1.29, 1.82) is 0 Å². The third kappa shape index (κ3) is 2.83. The van der Waals surface area contributed by atoms with Crippen molar-refractivity contribution in [2.45, 2.75) is 26.5 Å². The van der Waals surface area contributed by atoms with Gasteiger partial charge >= 0.3 is 0 Å². The largest absolute Gasteiger partial charge is 0.369 e. The Balaban J connectivity index is 2.78. The molecule has 1 heterocycles. The van der Waals surface area contributed by atoms with Gasteiger partial charge in [-0.15, -0.1) is 0 Å². The number of aromatic nitrogens is 1. The molecule has 112 valence electrons. The summed E-state index contributed by atoms with van der Waals surface area (Å²) in [5, 5.41) is 0.568. The quantitative estimate of drug-likeness (QED) is 0.912. The van der Waals surface area contributed by atoms with Gasteiger partial charge in [0.05, 0.1) is 11.4 Å². The standard InChI is InChI=1S/C16H20N2O3/c1-10(2)14(16(17)20)12-8-18(9-21-3)13-7-5-4-6-11(13)15(12)19/h4-8,10,14H,9H2,1-3H3,(H2,17,20). The van der Waals surface area contributed by atoms with Gasteiger partial charge in [-0.2, -0.15) is 0 Å². The Morgan fingerprint density at radius 2 is 2.00 bits per heavy atom. The Bertz CT molecular complexity index is 719. The Morgan fingerprint density at radius 1 is 1.33 bits per heavy atom. The second-order valence-corrected chi connectivity index (χ2v) is 5.44. The molecule has 0 aliphatic carbocycles. The van der Waals surface area contributed by atoms with Crippen LogP contribution in [0.2, 0.25) is 0 Å². The van der Waals surface area contributed by atoms with E-state index in [1.54, 1.807) is 25.4 Å². The molecule has 21 heavy (non-hydrogen) atoms. The zero-order chi connectivity index (χ0) is 15.6. The van der Waals surface area contributed by atoms with Gasteiger partial charge in [-0.3, -0.25) is 9.59 Å². The lowest BCUT2D eigenvalue weighted by Crippen LogP contribution is -2.31. The number of para-hydroxylation sites is 1. The molecule has 0 aliphatic heterocycles. The highest BCUT2D eigenvalue weighted by molar-refractivity contribution is 5.85. The number of benzene rings is 1. The summed E-state index contributed by atoms with van der Waals surface area (Å²) in [6, 6.07) is 7.28. The van der Waals surface area contributed by atoms with Crippen molar-refractivity contribution in [3.63, 3.8) is 0 Å². The lowest BCUT2D eigenvalue weighted by atomic mass is 9.88. The summed E-state index contributed by atoms with van der Waals surface area (Å²) in [5.41, 5.74) is 6.55. The maximum Gasteiger partial charge on any atom is 0.225 e. The highest BCUT2D eigenvalue weighted by Gasteiger charge is 2.26. The molecule has 5 heteroatoms. The zero-order valence-electron chi connectivity index (χ0n) is 12.5. The summed E-state index contributed by atoms with van der Waals surface area (Å²) >= 11 is 0. The maximum atomic E-state index is 12.7. The van der Waals surface area contributed by atoms with Gasteiger partial charge in [0.15, 0.2) is 5.43 Å². The lowest BCUT2D eigenvalue weighted by Gasteiger charge is -2.20. The van der Waals surface area contributed by atoms with Crippen LogP contribution in [0.25, 0.3) is 10.9 Å². The molecule has 1 atom stereocenters. The predicted molar refractivity (Wildman–Crippen MR) is 82.0 cm³/mol. The Labute approximate surface area is 123 Å². The van der Waals surface area contributed by atoms with Gasteiger partial charge in [-0.25, -0.2) is 0 Å². The number of primary amides is 1. The zero-order valence-corrected chi connectivity index (χ0v) is 12.5. The minimum Gasteiger partial charge on any atom is -0.369 e. The highest BCUT2D eigenvalue weighted by atomic mass is 16.5. The fourth-order valence-electron chi connectivity index (χ4n) is 2.68. The number of carbonyl (C=O) groups excluding carboxylic acids is 1. The molecule has 1 aromatic carbocycles. The number of methoxy groups -OCH3 is 1. The van der Waals surface area contributed by atoms with Crippen molar-refractivity contribution < 1.29 is 9.53 Å². The smallest absolute Gasteiger partial charge is 0.225 e. The van der Waals surface area contributed by atoms with Crippen LogP contribution in [0.15, 0.2) is 35.3 Å². The number of ether oxygens (including phenoxy) is 1. The van der Waals surface area contributed by atoms with E-state index >= 15 is 0 Å². The van der Waals surface area contributed by atoms with E-state index in [4.69, 9.17) is 10.5 Å². The van der Waals surface area contributed by atoms with Crippen molar-refractivity contribution in [2.24, 2.45) is 11.7 Å². The SMILES string of the molecule is COCn1cc(C(C(N)=O)C(C)C)c(=O)c2ccccc21. The van der Waals surface area contributed by atoms with Gasteiger partial charge in [0.2, 0.25) is 5.91 Å². The molecule has 2 rings (SSSR count). The number of nitrogens with two attached hydrogens (primary N) is 1. The summed E-state index contributed by atoms with van der Waals surface area (Å²) in [6.07, 6.45) is 1.68. The van der Waals surface area contributed by atoms with E-state index < -0.39 is 11.8 Å². The minimum absolute atomic E-state index is 0.0487. The number of pyridine rings is 1. The van der Waals surface area contributed by atoms with Crippen molar-refractivity contribution in [3.8, 4) is 0 Å². The van der Waals surface area contributed by atoms with Crippen LogP contribution in [0.4, 0.5) is 0 Å². The van der Waals surface area contributed by atoms with Gasteiger partial charge in [-0.1, -0.05) is 26.0 Å². The molecule has 0 saturated heterocycles. The molecule has 1 unspecified atom stereocenters. The first-order valence-corrected chi connectivity index (χ1v) is 6.87. The molecule has 0 saturated carbocycles. The van der Waals surface area contributed by atoms with Crippen LogP contribution in [0.5, 0.6) is 0 Å². The number of hydrogen-bond acceptors (Lipinski definition) is 3. The van der Waals surface area contributed by atoms with E-state index in [0.29, 0.717) is 17.7 Å². The van der Waals surface area contributed by atoms with Crippen molar-refractivity contribution >= 4 is 16.8 Å². The van der Waals surface area contributed by atoms with E-state index in [2.05, 4.69) is 0 Å². The van der Waals surface area contributed by atoms with Crippen molar-refractivity contribution in [3.05, 3.63) is 46.2 Å². The van der Waals surface area contributed by atoms with Gasteiger partial charge in [-0.05, 0) is 18.1 Å². The minimum atomic E-state index is -0.606. The van der Waals surface area contributed by atoms with Crippen LogP contribution >= 0.6 is 0 Å². The molecule has 2 aromatic rings. The molecular weight excluding hydrogens is 268 g/mol.